The van der Waals surface area contributed by atoms with Crippen LogP contribution in [0.4, 0.5) is 13.2 Å². The van der Waals surface area contributed by atoms with Crippen LogP contribution in [0.2, 0.25) is 0 Å². The summed E-state index contributed by atoms with van der Waals surface area (Å²) in [6, 6.07) is 4.74. The lowest BCUT2D eigenvalue weighted by atomic mass is 10.2. The van der Waals surface area contributed by atoms with Gasteiger partial charge in [-0.15, -0.1) is 0 Å². The monoisotopic (exact) mass is 177 g/mol. The molecule has 0 saturated heterocycles. The van der Waals surface area contributed by atoms with Crippen molar-refractivity contribution in [3.8, 4) is 5.75 Å². The molecule has 0 aromatic heterocycles. The molecule has 66 valence electrons. The quantitative estimate of drug-likeness (QED) is 0.665. The Bertz CT molecular complexity index is 272. The summed E-state index contributed by atoms with van der Waals surface area (Å²) >= 11 is 0. The van der Waals surface area contributed by atoms with Crippen molar-refractivity contribution < 1.29 is 18.0 Å². The van der Waals surface area contributed by atoms with E-state index < -0.39 is 11.7 Å². The molecule has 1 rings (SSSR count). The van der Waals surface area contributed by atoms with E-state index in [1.807, 2.05) is 0 Å². The summed E-state index contributed by atoms with van der Waals surface area (Å²) < 4.78 is 36.3. The Morgan fingerprint density at radius 3 is 2.17 bits per heavy atom. The van der Waals surface area contributed by atoms with Crippen molar-refractivity contribution in [1.82, 2.24) is 0 Å². The summed E-state index contributed by atoms with van der Waals surface area (Å²) in [5, 5.41) is 0. The number of benzene rings is 1. The summed E-state index contributed by atoms with van der Waals surface area (Å²) in [6.45, 7) is 0. The molecule has 0 atom stereocenters. The Morgan fingerprint density at radius 2 is 1.75 bits per heavy atom. The van der Waals surface area contributed by atoms with Gasteiger partial charge in [0.25, 0.3) is 0 Å². The number of nitrogens with two attached hydrogens (primary N) is 1. The van der Waals surface area contributed by atoms with Gasteiger partial charge in [0.05, 0.1) is 0 Å². The fourth-order valence-corrected chi connectivity index (χ4v) is 0.804. The normalized spacial score (nSPS) is 11.3. The van der Waals surface area contributed by atoms with Gasteiger partial charge in [-0.25, -0.2) is 0 Å². The maximum absolute atomic E-state index is 12.1. The highest BCUT2D eigenvalue weighted by molar-refractivity contribution is 5.35. The molecule has 0 radical (unpaired) electrons. The molecule has 0 unspecified atom stereocenters. The summed E-state index contributed by atoms with van der Waals surface area (Å²) in [7, 11) is 0. The van der Waals surface area contributed by atoms with E-state index in [-0.39, 0.29) is 5.75 Å². The van der Waals surface area contributed by atoms with Crippen molar-refractivity contribution in [2.75, 3.05) is 0 Å². The third-order valence-electron chi connectivity index (χ3n) is 1.32. The first kappa shape index (κ1) is 8.86. The van der Waals surface area contributed by atoms with E-state index in [1.165, 1.54) is 12.1 Å². The molecule has 12 heavy (non-hydrogen) atoms. The SMILES string of the molecule is NOc1ccccc1C(F)(F)F. The van der Waals surface area contributed by atoms with Crippen molar-refractivity contribution in [1.29, 1.82) is 0 Å². The Hall–Kier alpha value is -1.23. The maximum Gasteiger partial charge on any atom is 0.420 e. The van der Waals surface area contributed by atoms with Crippen molar-refractivity contribution in [3.05, 3.63) is 29.8 Å². The fourth-order valence-electron chi connectivity index (χ4n) is 0.804. The molecule has 0 aliphatic rings. The van der Waals surface area contributed by atoms with E-state index in [1.54, 1.807) is 0 Å². The van der Waals surface area contributed by atoms with E-state index in [4.69, 9.17) is 0 Å². The minimum Gasteiger partial charge on any atom is -0.411 e. The van der Waals surface area contributed by atoms with Gasteiger partial charge in [-0.3, -0.25) is 0 Å². The number of halogens is 3. The maximum atomic E-state index is 12.1. The Labute approximate surface area is 66.7 Å². The molecule has 1 aromatic carbocycles. The van der Waals surface area contributed by atoms with Crippen molar-refractivity contribution in [2.24, 2.45) is 5.90 Å². The van der Waals surface area contributed by atoms with Crippen LogP contribution in [0.5, 0.6) is 5.75 Å². The molecule has 0 spiro atoms. The van der Waals surface area contributed by atoms with Gasteiger partial charge in [0, 0.05) is 0 Å². The van der Waals surface area contributed by atoms with Crippen molar-refractivity contribution in [3.63, 3.8) is 0 Å². The molecule has 0 heterocycles. The highest BCUT2D eigenvalue weighted by Crippen LogP contribution is 2.35. The first-order chi connectivity index (χ1) is 5.55. The molecule has 0 amide bonds. The van der Waals surface area contributed by atoms with Crippen molar-refractivity contribution in [2.45, 2.75) is 6.18 Å². The van der Waals surface area contributed by atoms with Crippen LogP contribution >= 0.6 is 0 Å². The second-order valence-electron chi connectivity index (χ2n) is 2.11. The van der Waals surface area contributed by atoms with Gasteiger partial charge in [-0.1, -0.05) is 12.1 Å². The minimum atomic E-state index is -4.42. The molecule has 0 saturated carbocycles. The molecular weight excluding hydrogens is 171 g/mol. The lowest BCUT2D eigenvalue weighted by Crippen LogP contribution is -2.11. The highest BCUT2D eigenvalue weighted by Gasteiger charge is 2.33. The molecule has 1 aromatic rings. The smallest absolute Gasteiger partial charge is 0.411 e. The van der Waals surface area contributed by atoms with Crippen LogP contribution in [-0.4, -0.2) is 0 Å². The average Bonchev–Trinajstić information content (AvgIpc) is 2.03. The van der Waals surface area contributed by atoms with Crippen LogP contribution in [0, 0.1) is 0 Å². The highest BCUT2D eigenvalue weighted by atomic mass is 19.4. The molecule has 0 aliphatic carbocycles. The zero-order valence-electron chi connectivity index (χ0n) is 5.93. The number of para-hydroxylation sites is 1. The van der Waals surface area contributed by atoms with Gasteiger partial charge >= 0.3 is 6.18 Å². The second kappa shape index (κ2) is 3.02. The zero-order valence-corrected chi connectivity index (χ0v) is 5.93. The van der Waals surface area contributed by atoms with Crippen LogP contribution in [0.25, 0.3) is 0 Å². The summed E-state index contributed by atoms with van der Waals surface area (Å²) in [6.07, 6.45) is -4.42. The van der Waals surface area contributed by atoms with E-state index >= 15 is 0 Å². The predicted molar refractivity (Wildman–Crippen MR) is 36.3 cm³/mol. The number of hydrogen-bond donors (Lipinski definition) is 1. The third kappa shape index (κ3) is 1.68. The fraction of sp³-hybridized carbons (Fsp3) is 0.143. The predicted octanol–water partition coefficient (Wildman–Crippen LogP) is 1.96. The zero-order chi connectivity index (χ0) is 9.19. The molecular formula is C7H6F3NO. The molecule has 0 aliphatic heterocycles. The lowest BCUT2D eigenvalue weighted by Gasteiger charge is -2.09. The van der Waals surface area contributed by atoms with Gasteiger partial charge in [-0.05, 0) is 12.1 Å². The van der Waals surface area contributed by atoms with E-state index in [0.717, 1.165) is 12.1 Å². The van der Waals surface area contributed by atoms with E-state index in [9.17, 15) is 13.2 Å². The number of hydrogen-bond acceptors (Lipinski definition) is 2. The van der Waals surface area contributed by atoms with E-state index in [2.05, 4.69) is 10.7 Å². The van der Waals surface area contributed by atoms with Crippen molar-refractivity contribution >= 4 is 0 Å². The molecule has 0 bridgehead atoms. The van der Waals surface area contributed by atoms with Gasteiger partial charge < -0.3 is 4.84 Å². The number of alkyl halides is 3. The van der Waals surface area contributed by atoms with Crippen LogP contribution in [0.3, 0.4) is 0 Å². The number of rotatable bonds is 1. The van der Waals surface area contributed by atoms with Gasteiger partial charge in [0.15, 0.2) is 5.75 Å². The summed E-state index contributed by atoms with van der Waals surface area (Å²) in [4.78, 5) is 4.05. The van der Waals surface area contributed by atoms with Crippen LogP contribution in [0.15, 0.2) is 24.3 Å². The molecule has 5 heteroatoms. The first-order valence-corrected chi connectivity index (χ1v) is 3.08. The topological polar surface area (TPSA) is 35.2 Å². The Balaban J connectivity index is 3.14. The summed E-state index contributed by atoms with van der Waals surface area (Å²) in [5.74, 6) is 4.28. The largest absolute Gasteiger partial charge is 0.420 e. The standard InChI is InChI=1S/C7H6F3NO/c8-7(9,10)5-3-1-2-4-6(5)12-11/h1-4H,11H2. The third-order valence-corrected chi connectivity index (χ3v) is 1.32. The van der Waals surface area contributed by atoms with Gasteiger partial charge in [-0.2, -0.15) is 19.1 Å². The van der Waals surface area contributed by atoms with E-state index in [0.29, 0.717) is 0 Å². The van der Waals surface area contributed by atoms with Crippen LogP contribution in [0.1, 0.15) is 5.56 Å². The summed E-state index contributed by atoms with van der Waals surface area (Å²) in [5.41, 5.74) is -0.868. The second-order valence-corrected chi connectivity index (χ2v) is 2.11. The van der Waals surface area contributed by atoms with Crippen LogP contribution < -0.4 is 10.7 Å². The molecule has 2 nitrogen and oxygen atoms in total. The molecule has 0 fully saturated rings. The van der Waals surface area contributed by atoms with Crippen LogP contribution in [-0.2, 0) is 6.18 Å². The van der Waals surface area contributed by atoms with Gasteiger partial charge in [0.1, 0.15) is 5.56 Å². The molecule has 2 N–H and O–H groups in total. The minimum absolute atomic E-state index is 0.370. The van der Waals surface area contributed by atoms with Gasteiger partial charge in [0.2, 0.25) is 0 Å². The Morgan fingerprint density at radius 1 is 1.17 bits per heavy atom. The first-order valence-electron chi connectivity index (χ1n) is 3.08. The average molecular weight is 177 g/mol. The Kier molecular flexibility index (Phi) is 2.23. The lowest BCUT2D eigenvalue weighted by molar-refractivity contribution is -0.139.